The quantitative estimate of drug-likeness (QED) is 0.297. The van der Waals surface area contributed by atoms with E-state index in [1.807, 2.05) is 6.92 Å². The molecule has 13 heteroatoms. The zero-order valence-corrected chi connectivity index (χ0v) is 21.5. The molecule has 0 spiro atoms. The van der Waals surface area contributed by atoms with Crippen molar-refractivity contribution in [2.24, 2.45) is 0 Å². The average Bonchev–Trinajstić information content (AvgIpc) is 3.63. The summed E-state index contributed by atoms with van der Waals surface area (Å²) >= 11 is 0. The monoisotopic (exact) mass is 554 g/mol. The van der Waals surface area contributed by atoms with Gasteiger partial charge in [-0.05, 0) is 62.7 Å². The molecule has 3 heterocycles. The van der Waals surface area contributed by atoms with Gasteiger partial charge in [0.1, 0.15) is 12.0 Å². The summed E-state index contributed by atoms with van der Waals surface area (Å²) in [5, 5.41) is 13.6. The summed E-state index contributed by atoms with van der Waals surface area (Å²) in [4.78, 5) is 23.2. The lowest BCUT2D eigenvalue weighted by Crippen LogP contribution is -2.26. The number of carbonyl (C=O) groups is 1. The molecule has 9 nitrogen and oxygen atoms in total. The van der Waals surface area contributed by atoms with E-state index >= 15 is 0 Å². The predicted octanol–water partition coefficient (Wildman–Crippen LogP) is 4.95. The van der Waals surface area contributed by atoms with Gasteiger partial charge in [0.25, 0.3) is 5.91 Å². The summed E-state index contributed by atoms with van der Waals surface area (Å²) < 4.78 is 57.2. The van der Waals surface area contributed by atoms with E-state index in [2.05, 4.69) is 35.8 Å². The van der Waals surface area contributed by atoms with E-state index in [0.717, 1.165) is 37.6 Å². The lowest BCUT2D eigenvalue weighted by Gasteiger charge is -2.18. The molecule has 1 saturated heterocycles. The molecule has 5 rings (SSSR count). The molecular formula is C27H26F4N8O. The number of aromatic nitrogens is 5. The second-order valence-electron chi connectivity index (χ2n) is 9.49. The van der Waals surface area contributed by atoms with Crippen LogP contribution in [-0.4, -0.2) is 61.9 Å². The van der Waals surface area contributed by atoms with Crippen molar-refractivity contribution in [3.8, 4) is 16.9 Å². The lowest BCUT2D eigenvalue weighted by molar-refractivity contribution is -0.139. The van der Waals surface area contributed by atoms with Gasteiger partial charge in [-0.15, -0.1) is 5.10 Å². The van der Waals surface area contributed by atoms with Crippen LogP contribution in [0.1, 0.15) is 34.3 Å². The molecule has 2 aromatic carbocycles. The molecule has 0 saturated carbocycles. The highest BCUT2D eigenvalue weighted by Gasteiger charge is 2.36. The fourth-order valence-electron chi connectivity index (χ4n) is 4.53. The number of benzene rings is 2. The number of aryl methyl sites for hydroxylation is 1. The number of rotatable bonds is 8. The van der Waals surface area contributed by atoms with E-state index < -0.39 is 23.5 Å². The van der Waals surface area contributed by atoms with Crippen LogP contribution in [0, 0.1) is 12.7 Å². The number of halogens is 4. The molecule has 2 aromatic heterocycles. The molecule has 208 valence electrons. The number of nitrogens with one attached hydrogen (secondary N) is 2. The maximum Gasteiger partial charge on any atom is 0.419 e. The van der Waals surface area contributed by atoms with Crippen molar-refractivity contribution in [1.29, 1.82) is 0 Å². The van der Waals surface area contributed by atoms with E-state index in [-0.39, 0.29) is 17.8 Å². The Labute approximate surface area is 227 Å². The lowest BCUT2D eigenvalue weighted by atomic mass is 10.1. The van der Waals surface area contributed by atoms with Crippen molar-refractivity contribution in [2.75, 3.05) is 36.8 Å². The standard InChI is InChI=1S/C27H26F4N8O/c1-17-4-5-20(12-24(17)39-15-23(36-37-39)19-13-32-16-33-14-19)35-26(40)18-10-21(27(29,30)31)25(28)22(11-18)34-6-9-38-7-2-3-8-38/h4-5,10-16,34H,2-3,6-9H2,1H3,(H,35,40). The van der Waals surface area contributed by atoms with E-state index in [4.69, 9.17) is 0 Å². The first kappa shape index (κ1) is 27.2. The zero-order chi connectivity index (χ0) is 28.3. The van der Waals surface area contributed by atoms with Crippen molar-refractivity contribution in [2.45, 2.75) is 25.9 Å². The van der Waals surface area contributed by atoms with Gasteiger partial charge >= 0.3 is 6.18 Å². The number of anilines is 2. The summed E-state index contributed by atoms with van der Waals surface area (Å²) in [5.74, 6) is -2.25. The van der Waals surface area contributed by atoms with Gasteiger partial charge in [-0.3, -0.25) is 4.79 Å². The smallest absolute Gasteiger partial charge is 0.381 e. The molecule has 0 aliphatic carbocycles. The predicted molar refractivity (Wildman–Crippen MR) is 141 cm³/mol. The van der Waals surface area contributed by atoms with Crippen molar-refractivity contribution in [3.63, 3.8) is 0 Å². The van der Waals surface area contributed by atoms with Gasteiger partial charge in [0.15, 0.2) is 5.82 Å². The number of carbonyl (C=O) groups excluding carboxylic acids is 1. The fraction of sp³-hybridized carbons (Fsp3) is 0.296. The molecular weight excluding hydrogens is 528 g/mol. The largest absolute Gasteiger partial charge is 0.419 e. The van der Waals surface area contributed by atoms with Crippen LogP contribution >= 0.6 is 0 Å². The van der Waals surface area contributed by atoms with Gasteiger partial charge < -0.3 is 15.5 Å². The van der Waals surface area contributed by atoms with E-state index in [0.29, 0.717) is 35.2 Å². The van der Waals surface area contributed by atoms with Crippen LogP contribution in [0.25, 0.3) is 16.9 Å². The highest BCUT2D eigenvalue weighted by Crippen LogP contribution is 2.35. The third kappa shape index (κ3) is 6.09. The van der Waals surface area contributed by atoms with Crippen molar-refractivity contribution >= 4 is 17.3 Å². The first-order chi connectivity index (χ1) is 19.2. The Balaban J connectivity index is 1.37. The van der Waals surface area contributed by atoms with Gasteiger partial charge in [-0.1, -0.05) is 11.3 Å². The minimum absolute atomic E-state index is 0.246. The second-order valence-corrected chi connectivity index (χ2v) is 9.49. The molecule has 0 bridgehead atoms. The second kappa shape index (κ2) is 11.4. The van der Waals surface area contributed by atoms with Gasteiger partial charge in [-0.25, -0.2) is 19.0 Å². The number of hydrogen-bond acceptors (Lipinski definition) is 7. The Morgan fingerprint density at radius 2 is 1.82 bits per heavy atom. The van der Waals surface area contributed by atoms with Crippen LogP contribution in [0.2, 0.25) is 0 Å². The zero-order valence-electron chi connectivity index (χ0n) is 21.5. The maximum atomic E-state index is 14.8. The van der Waals surface area contributed by atoms with E-state index in [1.54, 1.807) is 36.8 Å². The molecule has 1 aliphatic rings. The maximum absolute atomic E-state index is 14.8. The van der Waals surface area contributed by atoms with E-state index in [9.17, 15) is 22.4 Å². The Morgan fingerprint density at radius 1 is 1.07 bits per heavy atom. The summed E-state index contributed by atoms with van der Waals surface area (Å²) in [6.07, 6.45) is 3.40. The molecule has 40 heavy (non-hydrogen) atoms. The molecule has 0 atom stereocenters. The van der Waals surface area contributed by atoms with Crippen LogP contribution in [0.15, 0.2) is 55.2 Å². The summed E-state index contributed by atoms with van der Waals surface area (Å²) in [7, 11) is 0. The number of nitrogens with zero attached hydrogens (tertiary/aromatic N) is 6. The topological polar surface area (TPSA) is 101 Å². The minimum atomic E-state index is -4.97. The van der Waals surface area contributed by atoms with Crippen molar-refractivity contribution < 1.29 is 22.4 Å². The van der Waals surface area contributed by atoms with Crippen LogP contribution < -0.4 is 10.6 Å². The van der Waals surface area contributed by atoms with Crippen LogP contribution in [-0.2, 0) is 6.18 Å². The minimum Gasteiger partial charge on any atom is -0.381 e. The molecule has 4 aromatic rings. The Hall–Kier alpha value is -4.39. The molecule has 2 N–H and O–H groups in total. The summed E-state index contributed by atoms with van der Waals surface area (Å²) in [5.41, 5.74) is 0.704. The third-order valence-corrected chi connectivity index (χ3v) is 6.65. The van der Waals surface area contributed by atoms with Crippen LogP contribution in [0.3, 0.4) is 0 Å². The Kier molecular flexibility index (Phi) is 7.74. The van der Waals surface area contributed by atoms with Crippen molar-refractivity contribution in [1.82, 2.24) is 29.9 Å². The molecule has 0 unspecified atom stereocenters. The molecule has 0 radical (unpaired) electrons. The van der Waals surface area contributed by atoms with Gasteiger partial charge in [-0.2, -0.15) is 13.2 Å². The molecule has 1 fully saturated rings. The number of alkyl halides is 3. The molecule has 1 aliphatic heterocycles. The van der Waals surface area contributed by atoms with Crippen molar-refractivity contribution in [3.05, 3.63) is 77.8 Å². The third-order valence-electron chi connectivity index (χ3n) is 6.65. The van der Waals surface area contributed by atoms with Gasteiger partial charge in [0, 0.05) is 42.3 Å². The highest BCUT2D eigenvalue weighted by molar-refractivity contribution is 6.05. The average molecular weight is 555 g/mol. The number of amides is 1. The summed E-state index contributed by atoms with van der Waals surface area (Å²) in [6, 6.07) is 6.59. The highest BCUT2D eigenvalue weighted by atomic mass is 19.4. The van der Waals surface area contributed by atoms with Gasteiger partial charge in [0.2, 0.25) is 0 Å². The normalized spacial score (nSPS) is 13.9. The summed E-state index contributed by atoms with van der Waals surface area (Å²) in [6.45, 7) is 4.44. The molecule has 1 amide bonds. The van der Waals surface area contributed by atoms with E-state index in [1.165, 1.54) is 11.0 Å². The Bertz CT molecular complexity index is 1500. The number of likely N-dealkylation sites (tertiary alicyclic amines) is 1. The van der Waals surface area contributed by atoms with Crippen LogP contribution in [0.4, 0.5) is 28.9 Å². The Morgan fingerprint density at radius 3 is 2.55 bits per heavy atom. The van der Waals surface area contributed by atoms with Gasteiger partial charge in [0.05, 0.1) is 23.1 Å². The van der Waals surface area contributed by atoms with Crippen LogP contribution in [0.5, 0.6) is 0 Å². The fourth-order valence-corrected chi connectivity index (χ4v) is 4.53. The first-order valence-corrected chi connectivity index (χ1v) is 12.7. The SMILES string of the molecule is Cc1ccc(NC(=O)c2cc(NCCN3CCCC3)c(F)c(C(F)(F)F)c2)cc1-n1cc(-c2cncnc2)nn1. The first-order valence-electron chi connectivity index (χ1n) is 12.7. The number of hydrogen-bond donors (Lipinski definition) is 2.